The van der Waals surface area contributed by atoms with Crippen LogP contribution in [0.5, 0.6) is 0 Å². The summed E-state index contributed by atoms with van der Waals surface area (Å²) in [6.45, 7) is 0.460. The van der Waals surface area contributed by atoms with Gasteiger partial charge in [-0.25, -0.2) is 4.79 Å². The number of hydrogen-bond acceptors (Lipinski definition) is 7. The highest BCUT2D eigenvalue weighted by Gasteiger charge is 2.30. The smallest absolute Gasteiger partial charge is 0.328 e. The van der Waals surface area contributed by atoms with E-state index < -0.39 is 48.6 Å². The van der Waals surface area contributed by atoms with Gasteiger partial charge < -0.3 is 31.7 Å². The first-order valence-corrected chi connectivity index (χ1v) is 8.01. The number of nitrogens with two attached hydrogens (primary N) is 1. The molecule has 0 aliphatic heterocycles. The van der Waals surface area contributed by atoms with Crippen LogP contribution >= 0.6 is 11.8 Å². The highest BCUT2D eigenvalue weighted by atomic mass is 32.2. The molecule has 0 unspecified atom stereocenters. The van der Waals surface area contributed by atoms with Gasteiger partial charge in [0.15, 0.2) is 0 Å². The fourth-order valence-electron chi connectivity index (χ4n) is 1.49. The summed E-state index contributed by atoms with van der Waals surface area (Å²) in [5.41, 5.74) is 5.65. The fourth-order valence-corrected chi connectivity index (χ4v) is 1.98. The molecule has 7 N–H and O–H groups in total. The lowest BCUT2D eigenvalue weighted by atomic mass is 10.1. The van der Waals surface area contributed by atoms with Crippen molar-refractivity contribution in [2.24, 2.45) is 5.73 Å². The van der Waals surface area contributed by atoms with Gasteiger partial charge in [-0.2, -0.15) is 11.8 Å². The molecular weight excluding hydrogens is 314 g/mol. The van der Waals surface area contributed by atoms with Gasteiger partial charge in [-0.3, -0.25) is 9.59 Å². The third-order valence-electron chi connectivity index (χ3n) is 2.83. The number of amides is 2. The quantitative estimate of drug-likeness (QED) is 0.255. The lowest BCUT2D eigenvalue weighted by Gasteiger charge is -2.24. The molecule has 0 saturated carbocycles. The zero-order valence-electron chi connectivity index (χ0n) is 12.5. The number of carbonyl (C=O) groups excluding carboxylic acids is 2. The Morgan fingerprint density at radius 2 is 1.82 bits per heavy atom. The molecule has 0 bridgehead atoms. The number of rotatable bonds is 10. The molecule has 9 nitrogen and oxygen atoms in total. The Bertz CT molecular complexity index is 393. The molecule has 0 radical (unpaired) electrons. The van der Waals surface area contributed by atoms with Crippen molar-refractivity contribution in [3.8, 4) is 0 Å². The van der Waals surface area contributed by atoms with Crippen molar-refractivity contribution >= 4 is 29.5 Å². The Kier molecular flexibility index (Phi) is 9.74. The molecule has 0 aromatic carbocycles. The Morgan fingerprint density at radius 3 is 2.23 bits per heavy atom. The molecule has 0 aromatic heterocycles. The largest absolute Gasteiger partial charge is 0.480 e. The highest BCUT2D eigenvalue weighted by Crippen LogP contribution is 2.01. The minimum absolute atomic E-state index is 0.398. The molecular formula is C12H23N3O6S. The summed E-state index contributed by atoms with van der Waals surface area (Å²) in [4.78, 5) is 34.5. The van der Waals surface area contributed by atoms with Crippen molar-refractivity contribution in [1.29, 1.82) is 0 Å². The van der Waals surface area contributed by atoms with Crippen molar-refractivity contribution < 1.29 is 29.7 Å². The SMILES string of the molecule is CSCC[C@H](N)C(=O)N[C@H](C(=O)N[C@@H](CO)C(=O)O)[C@@H](C)O. The molecule has 0 aliphatic rings. The first-order chi connectivity index (χ1) is 10.2. The Hall–Kier alpha value is -1.36. The van der Waals surface area contributed by atoms with Crippen LogP contribution < -0.4 is 16.4 Å². The van der Waals surface area contributed by atoms with Crippen molar-refractivity contribution in [2.75, 3.05) is 18.6 Å². The van der Waals surface area contributed by atoms with E-state index in [1.54, 1.807) is 0 Å². The third-order valence-corrected chi connectivity index (χ3v) is 3.47. The van der Waals surface area contributed by atoms with Crippen LogP contribution in [0.4, 0.5) is 0 Å². The number of aliphatic hydroxyl groups excluding tert-OH is 2. The average molecular weight is 337 g/mol. The van der Waals surface area contributed by atoms with E-state index >= 15 is 0 Å². The predicted octanol–water partition coefficient (Wildman–Crippen LogP) is -2.51. The first kappa shape index (κ1) is 20.6. The normalized spacial score (nSPS) is 16.2. The number of carboxylic acids is 1. The Labute approximate surface area is 132 Å². The molecule has 0 saturated heterocycles. The summed E-state index contributed by atoms with van der Waals surface area (Å²) in [5.74, 6) is -2.30. The fraction of sp³-hybridized carbons (Fsp3) is 0.750. The summed E-state index contributed by atoms with van der Waals surface area (Å²) in [7, 11) is 0. The second kappa shape index (κ2) is 10.4. The van der Waals surface area contributed by atoms with Crippen molar-refractivity contribution in [3.05, 3.63) is 0 Å². The van der Waals surface area contributed by atoms with Gasteiger partial charge in [0.1, 0.15) is 12.1 Å². The van der Waals surface area contributed by atoms with Gasteiger partial charge >= 0.3 is 5.97 Å². The summed E-state index contributed by atoms with van der Waals surface area (Å²) >= 11 is 1.51. The molecule has 0 rings (SSSR count). The van der Waals surface area contributed by atoms with E-state index in [9.17, 15) is 19.5 Å². The summed E-state index contributed by atoms with van der Waals surface area (Å²) in [6.07, 6.45) is 0.998. The second-order valence-electron chi connectivity index (χ2n) is 4.70. The lowest BCUT2D eigenvalue weighted by Crippen LogP contribution is -2.58. The van der Waals surface area contributed by atoms with Crippen LogP contribution in [-0.2, 0) is 14.4 Å². The number of nitrogens with one attached hydrogen (secondary N) is 2. The number of aliphatic carboxylic acids is 1. The highest BCUT2D eigenvalue weighted by molar-refractivity contribution is 7.98. The van der Waals surface area contributed by atoms with Gasteiger partial charge in [0.2, 0.25) is 11.8 Å². The number of carboxylic acid groups (broad SMARTS) is 1. The number of aliphatic hydroxyl groups is 2. The predicted molar refractivity (Wildman–Crippen MR) is 81.2 cm³/mol. The van der Waals surface area contributed by atoms with Crippen LogP contribution in [0.25, 0.3) is 0 Å². The van der Waals surface area contributed by atoms with Crippen LogP contribution in [0.2, 0.25) is 0 Å². The van der Waals surface area contributed by atoms with Crippen LogP contribution in [-0.4, -0.2) is 75.9 Å². The molecule has 10 heteroatoms. The standard InChI is InChI=1S/C12H23N3O6S/c1-6(17)9(11(19)14-8(5-16)12(20)21)15-10(18)7(13)3-4-22-2/h6-9,16-17H,3-5,13H2,1-2H3,(H,14,19)(H,15,18)(H,20,21)/t6-,7+,8+,9+/m1/s1. The molecule has 4 atom stereocenters. The van der Waals surface area contributed by atoms with E-state index in [0.717, 1.165) is 0 Å². The van der Waals surface area contributed by atoms with Crippen LogP contribution in [0.3, 0.4) is 0 Å². The van der Waals surface area contributed by atoms with E-state index in [1.807, 2.05) is 11.6 Å². The van der Waals surface area contributed by atoms with Gasteiger partial charge in [0.05, 0.1) is 18.8 Å². The molecule has 2 amide bonds. The third kappa shape index (κ3) is 7.07. The van der Waals surface area contributed by atoms with Gasteiger partial charge in [-0.1, -0.05) is 0 Å². The molecule has 128 valence electrons. The van der Waals surface area contributed by atoms with Crippen molar-refractivity contribution in [1.82, 2.24) is 10.6 Å². The topological polar surface area (TPSA) is 162 Å². The zero-order valence-corrected chi connectivity index (χ0v) is 13.3. The molecule has 22 heavy (non-hydrogen) atoms. The van der Waals surface area contributed by atoms with Crippen LogP contribution in [0.15, 0.2) is 0 Å². The second-order valence-corrected chi connectivity index (χ2v) is 5.68. The number of carbonyl (C=O) groups is 3. The number of hydrogen-bond donors (Lipinski definition) is 6. The minimum Gasteiger partial charge on any atom is -0.480 e. The van der Waals surface area contributed by atoms with Gasteiger partial charge in [0, 0.05) is 0 Å². The maximum atomic E-state index is 11.9. The maximum Gasteiger partial charge on any atom is 0.328 e. The molecule has 0 aliphatic carbocycles. The summed E-state index contributed by atoms with van der Waals surface area (Å²) in [6, 6.07) is -3.72. The van der Waals surface area contributed by atoms with Crippen molar-refractivity contribution in [2.45, 2.75) is 37.6 Å². The molecule has 0 heterocycles. The van der Waals surface area contributed by atoms with Gasteiger partial charge in [-0.15, -0.1) is 0 Å². The molecule has 0 fully saturated rings. The van der Waals surface area contributed by atoms with Gasteiger partial charge in [0.25, 0.3) is 0 Å². The monoisotopic (exact) mass is 337 g/mol. The van der Waals surface area contributed by atoms with Crippen molar-refractivity contribution in [3.63, 3.8) is 0 Å². The van der Waals surface area contributed by atoms with E-state index in [4.69, 9.17) is 15.9 Å². The summed E-state index contributed by atoms with van der Waals surface area (Å²) < 4.78 is 0. The average Bonchev–Trinajstić information content (AvgIpc) is 2.46. The molecule has 0 spiro atoms. The first-order valence-electron chi connectivity index (χ1n) is 6.61. The maximum absolute atomic E-state index is 11.9. The molecule has 0 aromatic rings. The van der Waals surface area contributed by atoms with Gasteiger partial charge in [-0.05, 0) is 25.4 Å². The Morgan fingerprint density at radius 1 is 1.23 bits per heavy atom. The van der Waals surface area contributed by atoms with E-state index in [-0.39, 0.29) is 0 Å². The zero-order chi connectivity index (χ0) is 17.3. The van der Waals surface area contributed by atoms with Crippen LogP contribution in [0.1, 0.15) is 13.3 Å². The van der Waals surface area contributed by atoms with E-state index in [0.29, 0.717) is 12.2 Å². The summed E-state index contributed by atoms with van der Waals surface area (Å²) in [5, 5.41) is 31.5. The number of thioether (sulfide) groups is 1. The van der Waals surface area contributed by atoms with E-state index in [1.165, 1.54) is 18.7 Å². The Balaban J connectivity index is 4.75. The van der Waals surface area contributed by atoms with Crippen LogP contribution in [0, 0.1) is 0 Å². The van der Waals surface area contributed by atoms with E-state index in [2.05, 4.69) is 5.32 Å². The lowest BCUT2D eigenvalue weighted by molar-refractivity contribution is -0.144. The minimum atomic E-state index is -1.52.